The van der Waals surface area contributed by atoms with Crippen LogP contribution in [0.5, 0.6) is 0 Å². The van der Waals surface area contributed by atoms with Gasteiger partial charge < -0.3 is 10.2 Å². The van der Waals surface area contributed by atoms with E-state index in [1.807, 2.05) is 35.2 Å². The van der Waals surface area contributed by atoms with Gasteiger partial charge in [-0.05, 0) is 12.1 Å². The Morgan fingerprint density at radius 1 is 1.19 bits per heavy atom. The van der Waals surface area contributed by atoms with E-state index >= 15 is 0 Å². The van der Waals surface area contributed by atoms with Crippen molar-refractivity contribution in [1.29, 1.82) is 0 Å². The van der Waals surface area contributed by atoms with E-state index in [0.717, 1.165) is 25.3 Å². The Hall–Kier alpha value is -1.06. The van der Waals surface area contributed by atoms with E-state index in [0.29, 0.717) is 6.42 Å². The number of anilines is 1. The van der Waals surface area contributed by atoms with Gasteiger partial charge in [0.2, 0.25) is 5.91 Å². The molecule has 86 valence electrons. The van der Waals surface area contributed by atoms with Gasteiger partial charge in [-0.1, -0.05) is 18.2 Å². The van der Waals surface area contributed by atoms with E-state index in [9.17, 15) is 4.79 Å². The summed E-state index contributed by atoms with van der Waals surface area (Å²) in [6.45, 7) is 2.85. The van der Waals surface area contributed by atoms with E-state index in [4.69, 9.17) is 0 Å². The summed E-state index contributed by atoms with van der Waals surface area (Å²) in [4.78, 5) is 13.8. The minimum absolute atomic E-state index is 0. The zero-order valence-corrected chi connectivity index (χ0v) is 9.80. The lowest BCUT2D eigenvalue weighted by atomic mass is 9.81. The average molecular weight is 239 g/mol. The molecule has 3 rings (SSSR count). The fourth-order valence-electron chi connectivity index (χ4n) is 2.45. The second-order valence-corrected chi connectivity index (χ2v) is 4.60. The zero-order valence-electron chi connectivity index (χ0n) is 8.98. The Balaban J connectivity index is 0.000000963. The van der Waals surface area contributed by atoms with E-state index < -0.39 is 0 Å². The van der Waals surface area contributed by atoms with Gasteiger partial charge in [-0.2, -0.15) is 0 Å². The predicted molar refractivity (Wildman–Crippen MR) is 66.0 cm³/mol. The Morgan fingerprint density at radius 2 is 1.88 bits per heavy atom. The van der Waals surface area contributed by atoms with Crippen molar-refractivity contribution in [2.24, 2.45) is 5.41 Å². The second kappa shape index (κ2) is 4.07. The molecule has 0 unspecified atom stereocenters. The molecule has 1 spiro atoms. The second-order valence-electron chi connectivity index (χ2n) is 4.60. The first-order chi connectivity index (χ1) is 7.29. The van der Waals surface area contributed by atoms with E-state index in [2.05, 4.69) is 5.32 Å². The number of para-hydroxylation sites is 1. The molecule has 2 fully saturated rings. The number of carbonyl (C=O) groups is 1. The van der Waals surface area contributed by atoms with Gasteiger partial charge in [-0.15, -0.1) is 12.4 Å². The van der Waals surface area contributed by atoms with Gasteiger partial charge in [-0.3, -0.25) is 4.79 Å². The van der Waals surface area contributed by atoms with Crippen molar-refractivity contribution >= 4 is 24.0 Å². The average Bonchev–Trinajstić information content (AvgIpc) is 2.57. The molecule has 4 heteroatoms. The Bertz CT molecular complexity index is 389. The molecule has 0 aliphatic carbocycles. The molecule has 0 bridgehead atoms. The molecule has 3 nitrogen and oxygen atoms in total. The molecule has 1 amide bonds. The molecular formula is C12H15ClN2O. The molecule has 2 aliphatic rings. The number of amides is 1. The number of halogens is 1. The van der Waals surface area contributed by atoms with Crippen molar-refractivity contribution in [3.8, 4) is 0 Å². The number of rotatable bonds is 1. The fraction of sp³-hybridized carbons (Fsp3) is 0.417. The first-order valence-corrected chi connectivity index (χ1v) is 5.35. The van der Waals surface area contributed by atoms with Gasteiger partial charge in [0.15, 0.2) is 0 Å². The maximum Gasteiger partial charge on any atom is 0.227 e. The van der Waals surface area contributed by atoms with Gasteiger partial charge in [-0.25, -0.2) is 0 Å². The van der Waals surface area contributed by atoms with Gasteiger partial charge >= 0.3 is 0 Å². The van der Waals surface area contributed by atoms with Gasteiger partial charge in [0.1, 0.15) is 0 Å². The van der Waals surface area contributed by atoms with Crippen LogP contribution in [0.2, 0.25) is 0 Å². The number of hydrogen-bond acceptors (Lipinski definition) is 2. The van der Waals surface area contributed by atoms with Crippen LogP contribution in [-0.2, 0) is 4.79 Å². The summed E-state index contributed by atoms with van der Waals surface area (Å²) in [5.41, 5.74) is 1.26. The van der Waals surface area contributed by atoms with Crippen LogP contribution in [0.1, 0.15) is 6.42 Å². The Kier molecular flexibility index (Phi) is 2.91. The zero-order chi connectivity index (χ0) is 10.3. The maximum absolute atomic E-state index is 11.9. The lowest BCUT2D eigenvalue weighted by Crippen LogP contribution is -2.54. The Labute approximate surface area is 101 Å². The van der Waals surface area contributed by atoms with Crippen LogP contribution in [-0.4, -0.2) is 25.5 Å². The van der Waals surface area contributed by atoms with Crippen LogP contribution in [0.15, 0.2) is 30.3 Å². The van der Waals surface area contributed by atoms with E-state index in [-0.39, 0.29) is 23.7 Å². The van der Waals surface area contributed by atoms with Crippen molar-refractivity contribution in [2.45, 2.75) is 6.42 Å². The molecule has 2 heterocycles. The number of nitrogens with zero attached hydrogens (tertiary/aromatic N) is 1. The molecule has 16 heavy (non-hydrogen) atoms. The van der Waals surface area contributed by atoms with Crippen molar-refractivity contribution in [3.05, 3.63) is 30.3 Å². The number of nitrogens with one attached hydrogen (secondary N) is 1. The maximum atomic E-state index is 11.9. The summed E-state index contributed by atoms with van der Waals surface area (Å²) in [6, 6.07) is 9.94. The van der Waals surface area contributed by atoms with Crippen LogP contribution in [0, 0.1) is 5.41 Å². The lowest BCUT2D eigenvalue weighted by Gasteiger charge is -2.38. The predicted octanol–water partition coefficient (Wildman–Crippen LogP) is 1.43. The molecule has 1 aromatic carbocycles. The fourth-order valence-corrected chi connectivity index (χ4v) is 2.45. The van der Waals surface area contributed by atoms with Crippen LogP contribution >= 0.6 is 12.4 Å². The van der Waals surface area contributed by atoms with E-state index in [1.165, 1.54) is 0 Å². The molecule has 0 radical (unpaired) electrons. The molecular weight excluding hydrogens is 224 g/mol. The normalized spacial score (nSPS) is 21.8. The highest BCUT2D eigenvalue weighted by Crippen LogP contribution is 2.37. The monoisotopic (exact) mass is 238 g/mol. The standard InChI is InChI=1S/C12H14N2O.ClH/c15-11-6-12(7-13-8-12)9-14(11)10-4-2-1-3-5-10;/h1-5,13H,6-9H2;1H. The van der Waals surface area contributed by atoms with E-state index in [1.54, 1.807) is 0 Å². The SMILES string of the molecule is Cl.O=C1CC2(CNC2)CN1c1ccccc1. The quantitative estimate of drug-likeness (QED) is 0.803. The highest BCUT2D eigenvalue weighted by molar-refractivity contribution is 5.96. The smallest absolute Gasteiger partial charge is 0.227 e. The number of benzene rings is 1. The Morgan fingerprint density at radius 3 is 2.38 bits per heavy atom. The molecule has 1 N–H and O–H groups in total. The number of hydrogen-bond donors (Lipinski definition) is 1. The van der Waals surface area contributed by atoms with Gasteiger partial charge in [0, 0.05) is 37.2 Å². The molecule has 0 atom stereocenters. The first kappa shape index (κ1) is 11.4. The molecule has 2 saturated heterocycles. The summed E-state index contributed by atoms with van der Waals surface area (Å²) in [6.07, 6.45) is 0.703. The topological polar surface area (TPSA) is 32.3 Å². The van der Waals surface area contributed by atoms with Crippen LogP contribution in [0.3, 0.4) is 0 Å². The minimum Gasteiger partial charge on any atom is -0.315 e. The van der Waals surface area contributed by atoms with Crippen molar-refractivity contribution in [3.63, 3.8) is 0 Å². The summed E-state index contributed by atoms with van der Waals surface area (Å²) in [5, 5.41) is 3.26. The summed E-state index contributed by atoms with van der Waals surface area (Å²) in [7, 11) is 0. The summed E-state index contributed by atoms with van der Waals surface area (Å²) in [5.74, 6) is 0.266. The largest absolute Gasteiger partial charge is 0.315 e. The highest BCUT2D eigenvalue weighted by Gasteiger charge is 2.47. The lowest BCUT2D eigenvalue weighted by molar-refractivity contribution is -0.118. The third kappa shape index (κ3) is 1.70. The van der Waals surface area contributed by atoms with Gasteiger partial charge in [0.25, 0.3) is 0 Å². The van der Waals surface area contributed by atoms with Crippen molar-refractivity contribution in [2.75, 3.05) is 24.5 Å². The molecule has 2 aliphatic heterocycles. The first-order valence-electron chi connectivity index (χ1n) is 5.35. The molecule has 1 aromatic rings. The third-order valence-corrected chi connectivity index (χ3v) is 3.39. The van der Waals surface area contributed by atoms with Crippen LogP contribution in [0.25, 0.3) is 0 Å². The molecule has 0 aromatic heterocycles. The summed E-state index contributed by atoms with van der Waals surface area (Å²) < 4.78 is 0. The summed E-state index contributed by atoms with van der Waals surface area (Å²) >= 11 is 0. The molecule has 0 saturated carbocycles. The number of carbonyl (C=O) groups excluding carboxylic acids is 1. The van der Waals surface area contributed by atoms with Crippen LogP contribution < -0.4 is 10.2 Å². The highest BCUT2D eigenvalue weighted by atomic mass is 35.5. The van der Waals surface area contributed by atoms with Crippen molar-refractivity contribution < 1.29 is 4.79 Å². The van der Waals surface area contributed by atoms with Crippen molar-refractivity contribution in [1.82, 2.24) is 5.32 Å². The third-order valence-electron chi connectivity index (χ3n) is 3.39. The van der Waals surface area contributed by atoms with Crippen LogP contribution in [0.4, 0.5) is 5.69 Å². The minimum atomic E-state index is 0. The van der Waals surface area contributed by atoms with Gasteiger partial charge in [0.05, 0.1) is 0 Å².